The van der Waals surface area contributed by atoms with Crippen molar-refractivity contribution in [2.75, 3.05) is 6.54 Å². The highest BCUT2D eigenvalue weighted by Gasteiger charge is 2.40. The molecule has 0 saturated heterocycles. The standard InChI is InChI=1S/C12H21NO2/c1-2-13(9-7-8-9)11-6-4-3-5-10(11)12(14)15/h9-11H,2-8H2,1H3,(H,14,15). The van der Waals surface area contributed by atoms with Gasteiger partial charge < -0.3 is 5.11 Å². The molecule has 15 heavy (non-hydrogen) atoms. The van der Waals surface area contributed by atoms with Crippen molar-refractivity contribution in [3.05, 3.63) is 0 Å². The summed E-state index contributed by atoms with van der Waals surface area (Å²) in [5.74, 6) is -0.696. The van der Waals surface area contributed by atoms with Gasteiger partial charge in [0.2, 0.25) is 0 Å². The quantitative estimate of drug-likeness (QED) is 0.774. The molecule has 2 atom stereocenters. The SMILES string of the molecule is CCN(C1CC1)C1CCCCC1C(=O)O. The van der Waals surface area contributed by atoms with Gasteiger partial charge in [-0.2, -0.15) is 0 Å². The fourth-order valence-corrected chi connectivity index (χ4v) is 2.97. The van der Waals surface area contributed by atoms with Gasteiger partial charge in [0.05, 0.1) is 5.92 Å². The van der Waals surface area contributed by atoms with Crippen LogP contribution in [0.5, 0.6) is 0 Å². The highest BCUT2D eigenvalue weighted by Crippen LogP contribution is 2.36. The summed E-state index contributed by atoms with van der Waals surface area (Å²) in [6.07, 6.45) is 6.81. The van der Waals surface area contributed by atoms with Gasteiger partial charge in [-0.25, -0.2) is 0 Å². The van der Waals surface area contributed by atoms with Gasteiger partial charge in [-0.05, 0) is 32.2 Å². The molecule has 0 aliphatic heterocycles. The molecule has 0 aromatic heterocycles. The van der Waals surface area contributed by atoms with E-state index in [2.05, 4.69) is 11.8 Å². The Balaban J connectivity index is 2.04. The molecular weight excluding hydrogens is 190 g/mol. The van der Waals surface area contributed by atoms with E-state index in [0.29, 0.717) is 12.1 Å². The lowest BCUT2D eigenvalue weighted by Gasteiger charge is -2.37. The van der Waals surface area contributed by atoms with Gasteiger partial charge in [-0.3, -0.25) is 9.69 Å². The highest BCUT2D eigenvalue weighted by molar-refractivity contribution is 5.71. The first-order valence-electron chi connectivity index (χ1n) is 6.22. The Bertz CT molecular complexity index is 238. The second-order valence-electron chi connectivity index (χ2n) is 4.86. The summed E-state index contributed by atoms with van der Waals surface area (Å²) in [7, 11) is 0. The number of carboxylic acid groups (broad SMARTS) is 1. The Labute approximate surface area is 91.5 Å². The number of rotatable bonds is 4. The summed E-state index contributed by atoms with van der Waals surface area (Å²) in [5.41, 5.74) is 0. The summed E-state index contributed by atoms with van der Waals surface area (Å²) < 4.78 is 0. The minimum Gasteiger partial charge on any atom is -0.481 e. The van der Waals surface area contributed by atoms with E-state index in [-0.39, 0.29) is 5.92 Å². The molecule has 0 bridgehead atoms. The summed E-state index contributed by atoms with van der Waals surface area (Å²) in [4.78, 5) is 13.6. The van der Waals surface area contributed by atoms with Crippen LogP contribution in [-0.4, -0.2) is 34.6 Å². The van der Waals surface area contributed by atoms with E-state index in [1.165, 1.54) is 19.3 Å². The third-order valence-electron chi connectivity index (χ3n) is 3.85. The molecule has 0 spiro atoms. The van der Waals surface area contributed by atoms with Crippen LogP contribution in [-0.2, 0) is 4.79 Å². The third kappa shape index (κ3) is 2.33. The molecule has 2 aliphatic carbocycles. The molecule has 2 saturated carbocycles. The van der Waals surface area contributed by atoms with Gasteiger partial charge >= 0.3 is 5.97 Å². The van der Waals surface area contributed by atoms with E-state index in [0.717, 1.165) is 25.8 Å². The molecule has 1 N–H and O–H groups in total. The molecule has 3 nitrogen and oxygen atoms in total. The molecule has 2 fully saturated rings. The van der Waals surface area contributed by atoms with E-state index in [4.69, 9.17) is 0 Å². The van der Waals surface area contributed by atoms with Gasteiger partial charge in [0.25, 0.3) is 0 Å². The van der Waals surface area contributed by atoms with Crippen LogP contribution in [0.15, 0.2) is 0 Å². The van der Waals surface area contributed by atoms with Crippen molar-refractivity contribution in [3.8, 4) is 0 Å². The van der Waals surface area contributed by atoms with Crippen LogP contribution in [0.4, 0.5) is 0 Å². The fraction of sp³-hybridized carbons (Fsp3) is 0.917. The first-order valence-corrected chi connectivity index (χ1v) is 6.22. The highest BCUT2D eigenvalue weighted by atomic mass is 16.4. The zero-order chi connectivity index (χ0) is 10.8. The maximum Gasteiger partial charge on any atom is 0.308 e. The number of hydrogen-bond acceptors (Lipinski definition) is 2. The van der Waals surface area contributed by atoms with Crippen LogP contribution in [0, 0.1) is 5.92 Å². The molecule has 3 heteroatoms. The summed E-state index contributed by atoms with van der Waals surface area (Å²) in [6.45, 7) is 3.17. The van der Waals surface area contributed by atoms with E-state index < -0.39 is 5.97 Å². The van der Waals surface area contributed by atoms with Gasteiger partial charge in [0.1, 0.15) is 0 Å². The van der Waals surface area contributed by atoms with Crippen LogP contribution >= 0.6 is 0 Å². The van der Waals surface area contributed by atoms with Crippen LogP contribution in [0.25, 0.3) is 0 Å². The van der Waals surface area contributed by atoms with Gasteiger partial charge in [0, 0.05) is 12.1 Å². The van der Waals surface area contributed by atoms with Crippen molar-refractivity contribution in [2.24, 2.45) is 5.92 Å². The molecule has 0 radical (unpaired) electrons. The molecule has 0 aromatic carbocycles. The molecular formula is C12H21NO2. The van der Waals surface area contributed by atoms with Crippen LogP contribution in [0.1, 0.15) is 45.4 Å². The number of aliphatic carboxylic acids is 1. The maximum absolute atomic E-state index is 11.2. The Kier molecular flexibility index (Phi) is 3.29. The smallest absolute Gasteiger partial charge is 0.308 e. The van der Waals surface area contributed by atoms with E-state index >= 15 is 0 Å². The molecule has 0 aromatic rings. The minimum absolute atomic E-state index is 0.112. The Morgan fingerprint density at radius 3 is 2.47 bits per heavy atom. The first-order chi connectivity index (χ1) is 7.24. The number of carboxylic acids is 1. The first kappa shape index (κ1) is 10.9. The molecule has 2 unspecified atom stereocenters. The molecule has 86 valence electrons. The average molecular weight is 211 g/mol. The summed E-state index contributed by atoms with van der Waals surface area (Å²) in [6, 6.07) is 1.01. The predicted molar refractivity (Wildman–Crippen MR) is 58.8 cm³/mol. The van der Waals surface area contributed by atoms with Crippen molar-refractivity contribution in [3.63, 3.8) is 0 Å². The second kappa shape index (κ2) is 4.52. The zero-order valence-electron chi connectivity index (χ0n) is 9.48. The predicted octanol–water partition coefficient (Wildman–Crippen LogP) is 2.11. The van der Waals surface area contributed by atoms with E-state index in [1.54, 1.807) is 0 Å². The molecule has 0 amide bonds. The van der Waals surface area contributed by atoms with Crippen molar-refractivity contribution in [1.29, 1.82) is 0 Å². The second-order valence-corrected chi connectivity index (χ2v) is 4.86. The monoisotopic (exact) mass is 211 g/mol. The fourth-order valence-electron chi connectivity index (χ4n) is 2.97. The van der Waals surface area contributed by atoms with Gasteiger partial charge in [-0.1, -0.05) is 19.8 Å². The number of carbonyl (C=O) groups is 1. The van der Waals surface area contributed by atoms with Crippen LogP contribution in [0.3, 0.4) is 0 Å². The molecule has 2 aliphatic rings. The van der Waals surface area contributed by atoms with Gasteiger partial charge in [0.15, 0.2) is 0 Å². The zero-order valence-corrected chi connectivity index (χ0v) is 9.48. The largest absolute Gasteiger partial charge is 0.481 e. The number of hydrogen-bond donors (Lipinski definition) is 1. The topological polar surface area (TPSA) is 40.5 Å². The lowest BCUT2D eigenvalue weighted by Crippen LogP contribution is -2.46. The van der Waals surface area contributed by atoms with Crippen LogP contribution < -0.4 is 0 Å². The molecule has 0 heterocycles. The Morgan fingerprint density at radius 2 is 1.93 bits per heavy atom. The number of nitrogens with zero attached hydrogens (tertiary/aromatic N) is 1. The average Bonchev–Trinajstić information content (AvgIpc) is 3.04. The lowest BCUT2D eigenvalue weighted by molar-refractivity contribution is -0.145. The Hall–Kier alpha value is -0.570. The minimum atomic E-state index is -0.584. The third-order valence-corrected chi connectivity index (χ3v) is 3.85. The van der Waals surface area contributed by atoms with E-state index in [1.807, 2.05) is 0 Å². The maximum atomic E-state index is 11.2. The van der Waals surface area contributed by atoms with Crippen molar-refractivity contribution in [1.82, 2.24) is 4.90 Å². The van der Waals surface area contributed by atoms with E-state index in [9.17, 15) is 9.90 Å². The van der Waals surface area contributed by atoms with Crippen LogP contribution in [0.2, 0.25) is 0 Å². The lowest BCUT2D eigenvalue weighted by atomic mass is 9.83. The summed E-state index contributed by atoms with van der Waals surface area (Å²) in [5, 5.41) is 9.23. The van der Waals surface area contributed by atoms with Crippen molar-refractivity contribution in [2.45, 2.75) is 57.5 Å². The van der Waals surface area contributed by atoms with Gasteiger partial charge in [-0.15, -0.1) is 0 Å². The van der Waals surface area contributed by atoms with Crippen molar-refractivity contribution < 1.29 is 9.90 Å². The Morgan fingerprint density at radius 1 is 1.27 bits per heavy atom. The summed E-state index contributed by atoms with van der Waals surface area (Å²) >= 11 is 0. The normalized spacial score (nSPS) is 31.9. The molecule has 2 rings (SSSR count). The van der Waals surface area contributed by atoms with Crippen molar-refractivity contribution >= 4 is 5.97 Å².